The van der Waals surface area contributed by atoms with Gasteiger partial charge in [0.15, 0.2) is 0 Å². The van der Waals surface area contributed by atoms with Gasteiger partial charge < -0.3 is 10.0 Å². The Hall–Kier alpha value is -0.930. The molecule has 0 heterocycles. The van der Waals surface area contributed by atoms with Gasteiger partial charge in [-0.1, -0.05) is 19.1 Å². The van der Waals surface area contributed by atoms with Gasteiger partial charge in [-0.25, -0.2) is 4.39 Å². The summed E-state index contributed by atoms with van der Waals surface area (Å²) in [5.74, 6) is 0.211. The van der Waals surface area contributed by atoms with Crippen LogP contribution in [0.15, 0.2) is 18.2 Å². The number of aliphatic hydroxyl groups is 1. The van der Waals surface area contributed by atoms with E-state index in [1.54, 1.807) is 6.92 Å². The number of hydrogen-bond donors (Lipinski definition) is 1. The predicted octanol–water partition coefficient (Wildman–Crippen LogP) is 2.63. The van der Waals surface area contributed by atoms with Gasteiger partial charge in [0.05, 0.1) is 0 Å². The molecule has 1 aromatic carbocycles. The van der Waals surface area contributed by atoms with Crippen LogP contribution in [0.2, 0.25) is 0 Å². The molecule has 0 aliphatic carbocycles. The summed E-state index contributed by atoms with van der Waals surface area (Å²) in [7, 11) is 2.06. The number of likely N-dealkylation sites (N-methyl/N-ethyl adjacent to an activating group) is 1. The molecule has 1 atom stereocenters. The summed E-state index contributed by atoms with van der Waals surface area (Å²) in [5, 5.41) is 9.16. The highest BCUT2D eigenvalue weighted by Gasteiger charge is 2.08. The van der Waals surface area contributed by atoms with Crippen LogP contribution in [0.1, 0.15) is 24.5 Å². The molecule has 1 N–H and O–H groups in total. The van der Waals surface area contributed by atoms with Gasteiger partial charge in [0.25, 0.3) is 0 Å². The SMILES string of the molecule is CCC(CO)CN(C)CCc1ccc(F)c(C)c1. The summed E-state index contributed by atoms with van der Waals surface area (Å²) in [6.45, 7) is 5.98. The molecule has 0 aliphatic heterocycles. The molecular formula is C15H24FNO. The smallest absolute Gasteiger partial charge is 0.126 e. The summed E-state index contributed by atoms with van der Waals surface area (Å²) < 4.78 is 13.1. The Balaban J connectivity index is 2.42. The number of nitrogens with zero attached hydrogens (tertiary/aromatic N) is 1. The van der Waals surface area contributed by atoms with Gasteiger partial charge in [-0.2, -0.15) is 0 Å². The van der Waals surface area contributed by atoms with Crippen LogP contribution < -0.4 is 0 Å². The average Bonchev–Trinajstić information content (AvgIpc) is 2.37. The number of benzene rings is 1. The van der Waals surface area contributed by atoms with E-state index in [2.05, 4.69) is 18.9 Å². The average molecular weight is 253 g/mol. The maximum atomic E-state index is 13.1. The van der Waals surface area contributed by atoms with Crippen LogP contribution in [0.3, 0.4) is 0 Å². The molecule has 1 aromatic rings. The molecule has 0 aromatic heterocycles. The van der Waals surface area contributed by atoms with Gasteiger partial charge in [0, 0.05) is 19.7 Å². The maximum Gasteiger partial charge on any atom is 0.126 e. The molecule has 102 valence electrons. The zero-order valence-corrected chi connectivity index (χ0v) is 11.6. The van der Waals surface area contributed by atoms with Gasteiger partial charge in [0.1, 0.15) is 5.82 Å². The van der Waals surface area contributed by atoms with Crippen LogP contribution >= 0.6 is 0 Å². The van der Waals surface area contributed by atoms with Crippen molar-refractivity contribution in [1.29, 1.82) is 0 Å². The van der Waals surface area contributed by atoms with Gasteiger partial charge in [0.2, 0.25) is 0 Å². The van der Waals surface area contributed by atoms with Crippen molar-refractivity contribution < 1.29 is 9.50 Å². The number of hydrogen-bond acceptors (Lipinski definition) is 2. The molecule has 2 nitrogen and oxygen atoms in total. The van der Waals surface area contributed by atoms with Crippen molar-refractivity contribution in [3.05, 3.63) is 35.1 Å². The maximum absolute atomic E-state index is 13.1. The third-order valence-electron chi connectivity index (χ3n) is 3.41. The minimum Gasteiger partial charge on any atom is -0.396 e. The van der Waals surface area contributed by atoms with E-state index in [9.17, 15) is 4.39 Å². The monoisotopic (exact) mass is 253 g/mol. The van der Waals surface area contributed by atoms with Crippen molar-refractivity contribution >= 4 is 0 Å². The number of aryl methyl sites for hydroxylation is 1. The van der Waals surface area contributed by atoms with Gasteiger partial charge >= 0.3 is 0 Å². The van der Waals surface area contributed by atoms with Crippen LogP contribution in [0.4, 0.5) is 4.39 Å². The summed E-state index contributed by atoms with van der Waals surface area (Å²) >= 11 is 0. The van der Waals surface area contributed by atoms with Gasteiger partial charge in [-0.15, -0.1) is 0 Å². The minimum atomic E-state index is -0.140. The second-order valence-electron chi connectivity index (χ2n) is 5.05. The second-order valence-corrected chi connectivity index (χ2v) is 5.05. The standard InChI is InChI=1S/C15H24FNO/c1-4-13(11-18)10-17(3)8-7-14-5-6-15(16)12(2)9-14/h5-6,9,13,18H,4,7-8,10-11H2,1-3H3. The molecule has 0 aliphatic rings. The number of aliphatic hydroxyl groups excluding tert-OH is 1. The second kappa shape index (κ2) is 7.49. The highest BCUT2D eigenvalue weighted by molar-refractivity contribution is 5.24. The largest absolute Gasteiger partial charge is 0.396 e. The normalized spacial score (nSPS) is 13.0. The van der Waals surface area contributed by atoms with Crippen LogP contribution in [0.5, 0.6) is 0 Å². The molecule has 0 amide bonds. The van der Waals surface area contributed by atoms with E-state index >= 15 is 0 Å². The zero-order chi connectivity index (χ0) is 13.5. The first-order valence-electron chi connectivity index (χ1n) is 6.61. The van der Waals surface area contributed by atoms with Crippen molar-refractivity contribution in [3.63, 3.8) is 0 Å². The number of rotatable bonds is 7. The quantitative estimate of drug-likeness (QED) is 0.807. The lowest BCUT2D eigenvalue weighted by atomic mass is 10.1. The lowest BCUT2D eigenvalue weighted by molar-refractivity contribution is 0.177. The first kappa shape index (κ1) is 15.1. The molecule has 0 bridgehead atoms. The Labute approximate surface area is 109 Å². The minimum absolute atomic E-state index is 0.140. The Morgan fingerprint density at radius 3 is 2.67 bits per heavy atom. The zero-order valence-electron chi connectivity index (χ0n) is 11.6. The van der Waals surface area contributed by atoms with E-state index in [-0.39, 0.29) is 12.4 Å². The van der Waals surface area contributed by atoms with Crippen molar-refractivity contribution in [1.82, 2.24) is 4.90 Å². The molecule has 0 fully saturated rings. The van der Waals surface area contributed by atoms with Crippen LogP contribution in [0.25, 0.3) is 0 Å². The Morgan fingerprint density at radius 1 is 1.39 bits per heavy atom. The van der Waals surface area contributed by atoms with E-state index in [0.717, 1.165) is 31.5 Å². The molecule has 0 spiro atoms. The van der Waals surface area contributed by atoms with Crippen LogP contribution in [-0.2, 0) is 6.42 Å². The Morgan fingerprint density at radius 2 is 2.11 bits per heavy atom. The van der Waals surface area contributed by atoms with Crippen molar-refractivity contribution in [3.8, 4) is 0 Å². The van der Waals surface area contributed by atoms with Gasteiger partial charge in [-0.05, 0) is 49.9 Å². The van der Waals surface area contributed by atoms with Crippen molar-refractivity contribution in [2.24, 2.45) is 5.92 Å². The summed E-state index contributed by atoms with van der Waals surface area (Å²) in [6, 6.07) is 5.29. The molecule has 18 heavy (non-hydrogen) atoms. The van der Waals surface area contributed by atoms with E-state index in [1.807, 2.05) is 12.1 Å². The summed E-state index contributed by atoms with van der Waals surface area (Å²) in [6.07, 6.45) is 1.91. The van der Waals surface area contributed by atoms with Crippen molar-refractivity contribution in [2.45, 2.75) is 26.7 Å². The summed E-state index contributed by atoms with van der Waals surface area (Å²) in [4.78, 5) is 2.23. The first-order chi connectivity index (χ1) is 8.56. The fraction of sp³-hybridized carbons (Fsp3) is 0.600. The first-order valence-corrected chi connectivity index (χ1v) is 6.61. The highest BCUT2D eigenvalue weighted by Crippen LogP contribution is 2.10. The number of halogens is 1. The Kier molecular flexibility index (Phi) is 6.30. The van der Waals surface area contributed by atoms with E-state index < -0.39 is 0 Å². The van der Waals surface area contributed by atoms with E-state index in [1.165, 1.54) is 6.07 Å². The fourth-order valence-corrected chi connectivity index (χ4v) is 2.03. The highest BCUT2D eigenvalue weighted by atomic mass is 19.1. The molecule has 1 rings (SSSR count). The lowest BCUT2D eigenvalue weighted by Crippen LogP contribution is -2.29. The molecule has 3 heteroatoms. The lowest BCUT2D eigenvalue weighted by Gasteiger charge is -2.21. The molecule has 0 saturated carbocycles. The molecule has 0 saturated heterocycles. The van der Waals surface area contributed by atoms with Crippen LogP contribution in [0, 0.1) is 18.7 Å². The predicted molar refractivity (Wildman–Crippen MR) is 73.2 cm³/mol. The fourth-order valence-electron chi connectivity index (χ4n) is 2.03. The van der Waals surface area contributed by atoms with E-state index in [4.69, 9.17) is 5.11 Å². The molecular weight excluding hydrogens is 229 g/mol. The van der Waals surface area contributed by atoms with E-state index in [0.29, 0.717) is 11.5 Å². The van der Waals surface area contributed by atoms with Crippen LogP contribution in [-0.4, -0.2) is 36.8 Å². The summed E-state index contributed by atoms with van der Waals surface area (Å²) in [5.41, 5.74) is 1.87. The third-order valence-corrected chi connectivity index (χ3v) is 3.41. The Bertz CT molecular complexity index is 364. The van der Waals surface area contributed by atoms with Crippen molar-refractivity contribution in [2.75, 3.05) is 26.7 Å². The van der Waals surface area contributed by atoms with Gasteiger partial charge in [-0.3, -0.25) is 0 Å². The molecule has 1 unspecified atom stereocenters. The molecule has 0 radical (unpaired) electrons. The third kappa shape index (κ3) is 4.75. The topological polar surface area (TPSA) is 23.5 Å².